The zero-order valence-corrected chi connectivity index (χ0v) is 11.6. The van der Waals surface area contributed by atoms with E-state index in [4.69, 9.17) is 4.74 Å². The Balaban J connectivity index is 2.13. The smallest absolute Gasteiger partial charge is 0.296 e. The molecule has 2 aromatic carbocycles. The minimum absolute atomic E-state index is 0.134. The lowest BCUT2D eigenvalue weighted by Crippen LogP contribution is -2.03. The van der Waals surface area contributed by atoms with Gasteiger partial charge >= 0.3 is 0 Å². The first-order chi connectivity index (χ1) is 10.1. The van der Waals surface area contributed by atoms with Gasteiger partial charge in [0.2, 0.25) is 0 Å². The van der Waals surface area contributed by atoms with Crippen molar-refractivity contribution in [2.24, 2.45) is 0 Å². The van der Waals surface area contributed by atoms with Crippen LogP contribution in [0.1, 0.15) is 12.5 Å². The Labute approximate surface area is 122 Å². The molecule has 0 saturated carbocycles. The zero-order chi connectivity index (χ0) is 15.2. The van der Waals surface area contributed by atoms with E-state index in [1.165, 1.54) is 12.1 Å². The molecule has 6 nitrogen and oxygen atoms in total. The number of anilines is 1. The first-order valence-electron chi connectivity index (χ1n) is 6.53. The maximum atomic E-state index is 11.0. The molecule has 0 spiro atoms. The third-order valence-corrected chi connectivity index (χ3v) is 2.87. The van der Waals surface area contributed by atoms with E-state index in [-0.39, 0.29) is 11.4 Å². The second kappa shape index (κ2) is 6.60. The van der Waals surface area contributed by atoms with E-state index in [0.29, 0.717) is 18.8 Å². The SMILES string of the molecule is CCOc1cccc(CNc2ccc(O)cc2[N+](=O)[O-])c1. The molecule has 21 heavy (non-hydrogen) atoms. The third kappa shape index (κ3) is 3.85. The molecule has 110 valence electrons. The van der Waals surface area contributed by atoms with Crippen LogP contribution in [0.5, 0.6) is 11.5 Å². The third-order valence-electron chi connectivity index (χ3n) is 2.87. The van der Waals surface area contributed by atoms with Crippen molar-refractivity contribution in [1.82, 2.24) is 0 Å². The van der Waals surface area contributed by atoms with Gasteiger partial charge in [0.15, 0.2) is 0 Å². The number of nitrogens with one attached hydrogen (secondary N) is 1. The number of ether oxygens (including phenoxy) is 1. The summed E-state index contributed by atoms with van der Waals surface area (Å²) in [6, 6.07) is 11.5. The van der Waals surface area contributed by atoms with Gasteiger partial charge in [-0.2, -0.15) is 0 Å². The zero-order valence-electron chi connectivity index (χ0n) is 11.6. The molecule has 2 aromatic rings. The predicted molar refractivity (Wildman–Crippen MR) is 79.7 cm³/mol. The number of rotatable bonds is 6. The van der Waals surface area contributed by atoms with Crippen LogP contribution in [0.2, 0.25) is 0 Å². The van der Waals surface area contributed by atoms with Gasteiger partial charge in [0, 0.05) is 6.54 Å². The Morgan fingerprint density at radius 2 is 2.10 bits per heavy atom. The average molecular weight is 288 g/mol. The fourth-order valence-electron chi connectivity index (χ4n) is 1.93. The number of hydrogen-bond acceptors (Lipinski definition) is 5. The molecular formula is C15H16N2O4. The molecule has 6 heteroatoms. The van der Waals surface area contributed by atoms with Gasteiger partial charge in [0.25, 0.3) is 5.69 Å². The molecular weight excluding hydrogens is 272 g/mol. The van der Waals surface area contributed by atoms with E-state index in [2.05, 4.69) is 5.32 Å². The highest BCUT2D eigenvalue weighted by atomic mass is 16.6. The van der Waals surface area contributed by atoms with Crippen molar-refractivity contribution >= 4 is 11.4 Å². The van der Waals surface area contributed by atoms with E-state index in [1.807, 2.05) is 31.2 Å². The molecule has 0 aromatic heterocycles. The quantitative estimate of drug-likeness (QED) is 0.484. The summed E-state index contributed by atoms with van der Waals surface area (Å²) < 4.78 is 5.41. The molecule has 0 radical (unpaired) electrons. The number of nitrogens with zero attached hydrogens (tertiary/aromatic N) is 1. The van der Waals surface area contributed by atoms with E-state index < -0.39 is 4.92 Å². The predicted octanol–water partition coefficient (Wildman–Crippen LogP) is 3.31. The molecule has 0 heterocycles. The highest BCUT2D eigenvalue weighted by Crippen LogP contribution is 2.28. The monoisotopic (exact) mass is 288 g/mol. The molecule has 2 N–H and O–H groups in total. The molecule has 0 amide bonds. The standard InChI is InChI=1S/C15H16N2O4/c1-2-21-13-5-3-4-11(8-13)10-16-14-7-6-12(18)9-15(14)17(19)20/h3-9,16,18H,2,10H2,1H3. The highest BCUT2D eigenvalue weighted by Gasteiger charge is 2.14. The van der Waals surface area contributed by atoms with Crippen LogP contribution in [-0.2, 0) is 6.54 Å². The van der Waals surface area contributed by atoms with Crippen LogP contribution in [-0.4, -0.2) is 16.6 Å². The Bertz CT molecular complexity index is 643. The van der Waals surface area contributed by atoms with Crippen LogP contribution in [0.15, 0.2) is 42.5 Å². The van der Waals surface area contributed by atoms with Crippen LogP contribution in [0, 0.1) is 10.1 Å². The molecule has 2 rings (SSSR count). The van der Waals surface area contributed by atoms with Gasteiger partial charge in [-0.15, -0.1) is 0 Å². The van der Waals surface area contributed by atoms with Crippen molar-refractivity contribution in [2.45, 2.75) is 13.5 Å². The van der Waals surface area contributed by atoms with E-state index in [1.54, 1.807) is 0 Å². The number of nitro benzene ring substituents is 1. The van der Waals surface area contributed by atoms with Crippen molar-refractivity contribution in [3.63, 3.8) is 0 Å². The van der Waals surface area contributed by atoms with E-state index in [9.17, 15) is 15.2 Å². The van der Waals surface area contributed by atoms with Gasteiger partial charge in [-0.1, -0.05) is 12.1 Å². The average Bonchev–Trinajstić information content (AvgIpc) is 2.46. The lowest BCUT2D eigenvalue weighted by Gasteiger charge is -2.09. The Morgan fingerprint density at radius 1 is 1.29 bits per heavy atom. The van der Waals surface area contributed by atoms with Crippen LogP contribution in [0.4, 0.5) is 11.4 Å². The van der Waals surface area contributed by atoms with Crippen LogP contribution in [0.3, 0.4) is 0 Å². The molecule has 0 atom stereocenters. The van der Waals surface area contributed by atoms with E-state index in [0.717, 1.165) is 17.4 Å². The summed E-state index contributed by atoms with van der Waals surface area (Å²) in [5.41, 5.74) is 1.15. The molecule has 0 saturated heterocycles. The normalized spacial score (nSPS) is 10.1. The summed E-state index contributed by atoms with van der Waals surface area (Å²) in [6.45, 7) is 2.91. The Hall–Kier alpha value is -2.76. The molecule has 0 aliphatic carbocycles. The first-order valence-corrected chi connectivity index (χ1v) is 6.53. The van der Waals surface area contributed by atoms with Crippen molar-refractivity contribution in [2.75, 3.05) is 11.9 Å². The molecule has 0 unspecified atom stereocenters. The second-order valence-electron chi connectivity index (χ2n) is 4.39. The summed E-state index contributed by atoms with van der Waals surface area (Å²) in [4.78, 5) is 10.4. The van der Waals surface area contributed by atoms with Crippen LogP contribution in [0.25, 0.3) is 0 Å². The number of benzene rings is 2. The minimum Gasteiger partial charge on any atom is -0.508 e. The first kappa shape index (κ1) is 14.6. The summed E-state index contributed by atoms with van der Waals surface area (Å²) in [5, 5.41) is 23.3. The molecule has 0 aliphatic rings. The molecule has 0 fully saturated rings. The largest absolute Gasteiger partial charge is 0.508 e. The van der Waals surface area contributed by atoms with Gasteiger partial charge in [-0.3, -0.25) is 10.1 Å². The summed E-state index contributed by atoms with van der Waals surface area (Å²) in [7, 11) is 0. The van der Waals surface area contributed by atoms with E-state index >= 15 is 0 Å². The summed E-state index contributed by atoms with van der Waals surface area (Å²) in [6.07, 6.45) is 0. The lowest BCUT2D eigenvalue weighted by atomic mass is 10.2. The fourth-order valence-corrected chi connectivity index (χ4v) is 1.93. The Morgan fingerprint density at radius 3 is 2.81 bits per heavy atom. The van der Waals surface area contributed by atoms with Crippen molar-refractivity contribution < 1.29 is 14.8 Å². The molecule has 0 bridgehead atoms. The number of phenols is 1. The maximum absolute atomic E-state index is 11.0. The van der Waals surface area contributed by atoms with Crippen LogP contribution < -0.4 is 10.1 Å². The molecule has 0 aliphatic heterocycles. The number of phenolic OH excluding ortho intramolecular Hbond substituents is 1. The summed E-state index contributed by atoms with van der Waals surface area (Å²) >= 11 is 0. The topological polar surface area (TPSA) is 84.6 Å². The number of hydrogen-bond donors (Lipinski definition) is 2. The Kier molecular flexibility index (Phi) is 4.61. The van der Waals surface area contributed by atoms with Gasteiger partial charge < -0.3 is 15.2 Å². The van der Waals surface area contributed by atoms with Crippen molar-refractivity contribution in [3.05, 3.63) is 58.1 Å². The second-order valence-corrected chi connectivity index (χ2v) is 4.39. The van der Waals surface area contributed by atoms with Crippen molar-refractivity contribution in [1.29, 1.82) is 0 Å². The van der Waals surface area contributed by atoms with Gasteiger partial charge in [0.1, 0.15) is 17.2 Å². The minimum atomic E-state index is -0.529. The van der Waals surface area contributed by atoms with Crippen molar-refractivity contribution in [3.8, 4) is 11.5 Å². The highest BCUT2D eigenvalue weighted by molar-refractivity contribution is 5.63. The van der Waals surface area contributed by atoms with Gasteiger partial charge in [-0.25, -0.2) is 0 Å². The summed E-state index contributed by atoms with van der Waals surface area (Å²) in [5.74, 6) is 0.627. The van der Waals surface area contributed by atoms with Gasteiger partial charge in [0.05, 0.1) is 17.6 Å². The number of nitro groups is 1. The van der Waals surface area contributed by atoms with Gasteiger partial charge in [-0.05, 0) is 36.8 Å². The lowest BCUT2D eigenvalue weighted by molar-refractivity contribution is -0.384. The maximum Gasteiger partial charge on any atom is 0.296 e. The van der Waals surface area contributed by atoms with Crippen LogP contribution >= 0.6 is 0 Å². The fraction of sp³-hybridized carbons (Fsp3) is 0.200. The number of aromatic hydroxyl groups is 1.